The van der Waals surface area contributed by atoms with Gasteiger partial charge in [0.2, 0.25) is 11.8 Å². The van der Waals surface area contributed by atoms with Gasteiger partial charge in [0.15, 0.2) is 0 Å². The van der Waals surface area contributed by atoms with E-state index in [0.717, 1.165) is 23.4 Å². The van der Waals surface area contributed by atoms with E-state index in [1.807, 2.05) is 29.2 Å². The molecule has 1 aromatic rings. The van der Waals surface area contributed by atoms with E-state index in [4.69, 9.17) is 4.74 Å². The molecular weight excluding hydrogens is 324 g/mol. The molecule has 2 aliphatic rings. The third-order valence-electron chi connectivity index (χ3n) is 4.59. The summed E-state index contributed by atoms with van der Waals surface area (Å²) in [5.41, 5.74) is 0.774. The first kappa shape index (κ1) is 17.3. The second-order valence-electron chi connectivity index (χ2n) is 6.34. The smallest absolute Gasteiger partial charge is 0.233 e. The Morgan fingerprint density at radius 2 is 2.00 bits per heavy atom. The van der Waals surface area contributed by atoms with E-state index in [-0.39, 0.29) is 24.0 Å². The molecule has 6 heteroatoms. The summed E-state index contributed by atoms with van der Waals surface area (Å²) in [5.74, 6) is 0.564. The molecule has 1 aromatic carbocycles. The van der Waals surface area contributed by atoms with E-state index in [1.54, 1.807) is 11.8 Å². The van der Waals surface area contributed by atoms with Crippen molar-refractivity contribution in [3.63, 3.8) is 0 Å². The van der Waals surface area contributed by atoms with Crippen molar-refractivity contribution in [2.24, 2.45) is 0 Å². The van der Waals surface area contributed by atoms with Crippen molar-refractivity contribution in [2.75, 3.05) is 24.2 Å². The van der Waals surface area contributed by atoms with Gasteiger partial charge in [0.1, 0.15) is 0 Å². The highest BCUT2D eigenvalue weighted by Crippen LogP contribution is 2.29. The van der Waals surface area contributed by atoms with Crippen LogP contribution in [0.3, 0.4) is 0 Å². The number of benzene rings is 1. The number of anilines is 1. The van der Waals surface area contributed by atoms with Gasteiger partial charge in [-0.05, 0) is 37.1 Å². The summed E-state index contributed by atoms with van der Waals surface area (Å²) in [5, 5.41) is 2.74. The number of ether oxygens (including phenoxy) is 1. The Labute approximate surface area is 147 Å². The van der Waals surface area contributed by atoms with Crippen LogP contribution < -0.4 is 5.32 Å². The van der Waals surface area contributed by atoms with E-state index in [0.29, 0.717) is 18.9 Å². The number of morpholine rings is 1. The SMILES string of the molecule is CC(=O)Nc1ccc(SCC(=O)N2CCO[C@H]3CCCC[C@H]32)cc1. The van der Waals surface area contributed by atoms with Crippen LogP contribution in [0.5, 0.6) is 0 Å². The Hall–Kier alpha value is -1.53. The van der Waals surface area contributed by atoms with Gasteiger partial charge >= 0.3 is 0 Å². The molecule has 0 bridgehead atoms. The monoisotopic (exact) mass is 348 g/mol. The van der Waals surface area contributed by atoms with E-state index in [1.165, 1.54) is 19.8 Å². The third-order valence-corrected chi connectivity index (χ3v) is 5.59. The summed E-state index contributed by atoms with van der Waals surface area (Å²) in [4.78, 5) is 26.7. The van der Waals surface area contributed by atoms with Crippen LogP contribution in [0.4, 0.5) is 5.69 Å². The zero-order chi connectivity index (χ0) is 16.9. The first-order chi connectivity index (χ1) is 11.6. The summed E-state index contributed by atoms with van der Waals surface area (Å²) in [6, 6.07) is 7.86. The average Bonchev–Trinajstić information content (AvgIpc) is 2.60. The number of fused-ring (bicyclic) bond motifs is 1. The number of nitrogens with zero attached hydrogens (tertiary/aromatic N) is 1. The highest BCUT2D eigenvalue weighted by molar-refractivity contribution is 8.00. The molecule has 2 amide bonds. The molecule has 1 N–H and O–H groups in total. The number of hydrogen-bond donors (Lipinski definition) is 1. The van der Waals surface area contributed by atoms with Crippen molar-refractivity contribution in [2.45, 2.75) is 49.6 Å². The molecule has 1 saturated heterocycles. The Kier molecular flexibility index (Phi) is 5.79. The number of nitrogens with one attached hydrogen (secondary N) is 1. The lowest BCUT2D eigenvalue weighted by Crippen LogP contribution is -2.55. The standard InChI is InChI=1S/C18H24N2O3S/c1-13(21)19-14-6-8-15(9-7-14)24-12-18(22)20-10-11-23-17-5-3-2-4-16(17)20/h6-9,16-17H,2-5,10-12H2,1H3,(H,19,21)/t16-,17+/m1/s1. The van der Waals surface area contributed by atoms with E-state index < -0.39 is 0 Å². The lowest BCUT2D eigenvalue weighted by atomic mass is 9.90. The molecule has 2 atom stereocenters. The molecule has 1 saturated carbocycles. The predicted molar refractivity (Wildman–Crippen MR) is 95.2 cm³/mol. The maximum Gasteiger partial charge on any atom is 0.233 e. The molecule has 1 aliphatic heterocycles. The fourth-order valence-electron chi connectivity index (χ4n) is 3.47. The second-order valence-corrected chi connectivity index (χ2v) is 7.39. The van der Waals surface area contributed by atoms with Crippen molar-refractivity contribution in [3.8, 4) is 0 Å². The maximum atomic E-state index is 12.6. The number of carbonyl (C=O) groups excluding carboxylic acids is 2. The van der Waals surface area contributed by atoms with Gasteiger partial charge in [-0.15, -0.1) is 11.8 Å². The lowest BCUT2D eigenvalue weighted by Gasteiger charge is -2.43. The minimum atomic E-state index is -0.0834. The van der Waals surface area contributed by atoms with Crippen LogP contribution in [0.25, 0.3) is 0 Å². The van der Waals surface area contributed by atoms with Crippen LogP contribution in [0.15, 0.2) is 29.2 Å². The molecule has 0 radical (unpaired) electrons. The molecule has 3 rings (SSSR count). The zero-order valence-electron chi connectivity index (χ0n) is 14.0. The van der Waals surface area contributed by atoms with Gasteiger partial charge in [-0.3, -0.25) is 9.59 Å². The van der Waals surface area contributed by atoms with Gasteiger partial charge in [-0.2, -0.15) is 0 Å². The van der Waals surface area contributed by atoms with Gasteiger partial charge in [0.25, 0.3) is 0 Å². The maximum absolute atomic E-state index is 12.6. The molecule has 1 heterocycles. The molecule has 0 spiro atoms. The lowest BCUT2D eigenvalue weighted by molar-refractivity contribution is -0.146. The molecule has 0 aromatic heterocycles. The van der Waals surface area contributed by atoms with Crippen molar-refractivity contribution in [1.82, 2.24) is 4.90 Å². The summed E-state index contributed by atoms with van der Waals surface area (Å²) in [6.45, 7) is 2.85. The zero-order valence-corrected chi connectivity index (χ0v) is 14.8. The van der Waals surface area contributed by atoms with E-state index in [2.05, 4.69) is 5.32 Å². The van der Waals surface area contributed by atoms with Crippen molar-refractivity contribution >= 4 is 29.3 Å². The summed E-state index contributed by atoms with van der Waals surface area (Å²) < 4.78 is 5.83. The van der Waals surface area contributed by atoms with Gasteiger partial charge in [-0.25, -0.2) is 0 Å². The van der Waals surface area contributed by atoms with Crippen molar-refractivity contribution < 1.29 is 14.3 Å². The fourth-order valence-corrected chi connectivity index (χ4v) is 4.26. The third kappa shape index (κ3) is 4.30. The molecule has 5 nitrogen and oxygen atoms in total. The fraction of sp³-hybridized carbons (Fsp3) is 0.556. The molecule has 2 fully saturated rings. The Morgan fingerprint density at radius 3 is 2.75 bits per heavy atom. The van der Waals surface area contributed by atoms with E-state index in [9.17, 15) is 9.59 Å². The predicted octanol–water partition coefficient (Wildman–Crippen LogP) is 2.91. The van der Waals surface area contributed by atoms with Crippen LogP contribution in [-0.4, -0.2) is 47.8 Å². The summed E-state index contributed by atoms with van der Waals surface area (Å²) >= 11 is 1.54. The normalized spacial score (nSPS) is 23.5. The summed E-state index contributed by atoms with van der Waals surface area (Å²) in [6.07, 6.45) is 4.77. The summed E-state index contributed by atoms with van der Waals surface area (Å²) in [7, 11) is 0. The second kappa shape index (κ2) is 8.03. The number of carbonyl (C=O) groups is 2. The van der Waals surface area contributed by atoms with E-state index >= 15 is 0 Å². The van der Waals surface area contributed by atoms with Crippen LogP contribution >= 0.6 is 11.8 Å². The highest BCUT2D eigenvalue weighted by Gasteiger charge is 2.36. The van der Waals surface area contributed by atoms with Gasteiger partial charge in [0, 0.05) is 24.1 Å². The average molecular weight is 348 g/mol. The Balaban J connectivity index is 1.54. The molecular formula is C18H24N2O3S. The minimum Gasteiger partial charge on any atom is -0.374 e. The molecule has 130 valence electrons. The van der Waals surface area contributed by atoms with Gasteiger partial charge in [-0.1, -0.05) is 12.8 Å². The first-order valence-electron chi connectivity index (χ1n) is 8.55. The number of thioether (sulfide) groups is 1. The van der Waals surface area contributed by atoms with Crippen LogP contribution in [0.1, 0.15) is 32.6 Å². The van der Waals surface area contributed by atoms with Crippen molar-refractivity contribution in [3.05, 3.63) is 24.3 Å². The number of hydrogen-bond acceptors (Lipinski definition) is 4. The minimum absolute atomic E-state index is 0.0834. The van der Waals surface area contributed by atoms with Crippen molar-refractivity contribution in [1.29, 1.82) is 0 Å². The Bertz CT molecular complexity index is 588. The molecule has 1 aliphatic carbocycles. The molecule has 24 heavy (non-hydrogen) atoms. The van der Waals surface area contributed by atoms with Gasteiger partial charge in [0.05, 0.1) is 24.5 Å². The largest absolute Gasteiger partial charge is 0.374 e. The van der Waals surface area contributed by atoms with Crippen LogP contribution in [0, 0.1) is 0 Å². The number of rotatable bonds is 4. The highest BCUT2D eigenvalue weighted by atomic mass is 32.2. The Morgan fingerprint density at radius 1 is 1.25 bits per heavy atom. The quantitative estimate of drug-likeness (QED) is 0.850. The van der Waals surface area contributed by atoms with Gasteiger partial charge < -0.3 is 15.0 Å². The van der Waals surface area contributed by atoms with Crippen LogP contribution in [-0.2, 0) is 14.3 Å². The molecule has 0 unspecified atom stereocenters. The van der Waals surface area contributed by atoms with Crippen LogP contribution in [0.2, 0.25) is 0 Å². The first-order valence-corrected chi connectivity index (χ1v) is 9.53. The number of amides is 2. The topological polar surface area (TPSA) is 58.6 Å².